The maximum atomic E-state index is 12.6. The van der Waals surface area contributed by atoms with E-state index in [0.29, 0.717) is 11.4 Å². The Labute approximate surface area is 183 Å². The standard InChI is InChI=1S/C23H22N4O3S/c1-4-26-15(2)13-18(16(26)3)19(28)14-30-23(29)21-24-22(20-11-8-12-31-20)27(25-21)17-9-6-5-7-10-17/h5-13H,4,14H2,1-3H3. The molecule has 0 saturated heterocycles. The third kappa shape index (κ3) is 4.06. The summed E-state index contributed by atoms with van der Waals surface area (Å²) in [6.07, 6.45) is 0. The number of Topliss-reactive ketones (excluding diaryl/α,β-unsaturated/α-hetero) is 1. The van der Waals surface area contributed by atoms with Crippen molar-refractivity contribution < 1.29 is 14.3 Å². The van der Waals surface area contributed by atoms with Gasteiger partial charge in [-0.3, -0.25) is 4.79 Å². The van der Waals surface area contributed by atoms with E-state index in [1.165, 1.54) is 11.3 Å². The minimum absolute atomic E-state index is 0.0842. The van der Waals surface area contributed by atoms with E-state index in [1.54, 1.807) is 4.68 Å². The van der Waals surface area contributed by atoms with Crippen molar-refractivity contribution in [3.63, 3.8) is 0 Å². The molecule has 0 unspecified atom stereocenters. The molecule has 0 radical (unpaired) electrons. The predicted molar refractivity (Wildman–Crippen MR) is 119 cm³/mol. The van der Waals surface area contributed by atoms with E-state index < -0.39 is 5.97 Å². The van der Waals surface area contributed by atoms with Crippen molar-refractivity contribution in [3.8, 4) is 16.4 Å². The largest absolute Gasteiger partial charge is 0.451 e. The molecular weight excluding hydrogens is 412 g/mol. The number of hydrogen-bond donors (Lipinski definition) is 0. The molecule has 4 aromatic rings. The first-order valence-corrected chi connectivity index (χ1v) is 10.8. The van der Waals surface area contributed by atoms with Gasteiger partial charge in [-0.1, -0.05) is 24.3 Å². The van der Waals surface area contributed by atoms with E-state index in [9.17, 15) is 9.59 Å². The third-order valence-electron chi connectivity index (χ3n) is 5.06. The molecule has 0 aliphatic carbocycles. The smallest absolute Gasteiger partial charge is 0.378 e. The van der Waals surface area contributed by atoms with Gasteiger partial charge in [-0.25, -0.2) is 9.48 Å². The molecule has 0 bridgehead atoms. The van der Waals surface area contributed by atoms with Crippen molar-refractivity contribution in [2.75, 3.05) is 6.61 Å². The second-order valence-electron chi connectivity index (χ2n) is 7.01. The molecule has 0 N–H and O–H groups in total. The van der Waals surface area contributed by atoms with Crippen LogP contribution in [0.5, 0.6) is 0 Å². The lowest BCUT2D eigenvalue weighted by molar-refractivity contribution is 0.0462. The number of thiophene rings is 1. The van der Waals surface area contributed by atoms with Gasteiger partial charge in [-0.05, 0) is 50.4 Å². The van der Waals surface area contributed by atoms with Gasteiger partial charge in [0.25, 0.3) is 5.82 Å². The second kappa shape index (κ2) is 8.69. The van der Waals surface area contributed by atoms with E-state index in [2.05, 4.69) is 10.1 Å². The summed E-state index contributed by atoms with van der Waals surface area (Å²) in [5.74, 6) is -0.516. The highest BCUT2D eigenvalue weighted by molar-refractivity contribution is 7.13. The number of aryl methyl sites for hydroxylation is 1. The van der Waals surface area contributed by atoms with Crippen LogP contribution in [0.25, 0.3) is 16.4 Å². The van der Waals surface area contributed by atoms with Crippen molar-refractivity contribution in [1.82, 2.24) is 19.3 Å². The van der Waals surface area contributed by atoms with Crippen LogP contribution in [0, 0.1) is 13.8 Å². The number of aromatic nitrogens is 4. The first kappa shape index (κ1) is 20.7. The molecule has 158 valence electrons. The summed E-state index contributed by atoms with van der Waals surface area (Å²) in [6.45, 7) is 6.28. The average Bonchev–Trinajstić information content (AvgIpc) is 3.51. The highest BCUT2D eigenvalue weighted by atomic mass is 32.1. The highest BCUT2D eigenvalue weighted by Gasteiger charge is 2.22. The molecule has 4 rings (SSSR count). The molecule has 0 atom stereocenters. The quantitative estimate of drug-likeness (QED) is 0.317. The fraction of sp³-hybridized carbons (Fsp3) is 0.217. The highest BCUT2D eigenvalue weighted by Crippen LogP contribution is 2.25. The Hall–Kier alpha value is -3.52. The van der Waals surface area contributed by atoms with Gasteiger partial charge in [0.15, 0.2) is 12.4 Å². The summed E-state index contributed by atoms with van der Waals surface area (Å²) in [6, 6.07) is 15.1. The maximum absolute atomic E-state index is 12.6. The monoisotopic (exact) mass is 434 g/mol. The van der Waals surface area contributed by atoms with Crippen LogP contribution >= 0.6 is 11.3 Å². The Morgan fingerprint density at radius 2 is 1.87 bits per heavy atom. The van der Waals surface area contributed by atoms with Crippen LogP contribution < -0.4 is 0 Å². The summed E-state index contributed by atoms with van der Waals surface area (Å²) in [7, 11) is 0. The SMILES string of the molecule is CCn1c(C)cc(C(=O)COC(=O)c2nc(-c3cccs3)n(-c3ccccc3)n2)c1C. The number of rotatable bonds is 7. The Morgan fingerprint density at radius 1 is 1.10 bits per heavy atom. The van der Waals surface area contributed by atoms with E-state index in [-0.39, 0.29) is 18.2 Å². The Kier molecular flexibility index (Phi) is 5.81. The molecule has 3 heterocycles. The van der Waals surface area contributed by atoms with Gasteiger partial charge in [-0.2, -0.15) is 4.98 Å². The van der Waals surface area contributed by atoms with E-state index in [4.69, 9.17) is 4.74 Å². The zero-order valence-corrected chi connectivity index (χ0v) is 18.3. The van der Waals surface area contributed by atoms with Crippen molar-refractivity contribution in [2.45, 2.75) is 27.3 Å². The number of carbonyl (C=O) groups is 2. The number of carbonyl (C=O) groups excluding carboxylic acids is 2. The van der Waals surface area contributed by atoms with Gasteiger partial charge in [-0.15, -0.1) is 16.4 Å². The summed E-state index contributed by atoms with van der Waals surface area (Å²) in [4.78, 5) is 30.5. The lowest BCUT2D eigenvalue weighted by Crippen LogP contribution is -2.16. The minimum Gasteiger partial charge on any atom is -0.451 e. The molecule has 7 nitrogen and oxygen atoms in total. The molecule has 0 aliphatic rings. The molecule has 0 saturated carbocycles. The van der Waals surface area contributed by atoms with Crippen LogP contribution in [0.3, 0.4) is 0 Å². The fourth-order valence-corrected chi connectivity index (χ4v) is 4.25. The summed E-state index contributed by atoms with van der Waals surface area (Å²) in [5, 5.41) is 6.29. The van der Waals surface area contributed by atoms with Crippen LogP contribution in [0.15, 0.2) is 53.9 Å². The number of ketones is 1. The van der Waals surface area contributed by atoms with E-state index in [1.807, 2.05) is 79.2 Å². The topological polar surface area (TPSA) is 79.0 Å². The molecule has 31 heavy (non-hydrogen) atoms. The number of para-hydroxylation sites is 1. The van der Waals surface area contributed by atoms with Crippen LogP contribution in [-0.2, 0) is 11.3 Å². The van der Waals surface area contributed by atoms with Gasteiger partial charge in [0.1, 0.15) is 0 Å². The summed E-state index contributed by atoms with van der Waals surface area (Å²) < 4.78 is 8.93. The first-order valence-electron chi connectivity index (χ1n) is 9.93. The van der Waals surface area contributed by atoms with Crippen molar-refractivity contribution in [3.05, 3.63) is 76.7 Å². The van der Waals surface area contributed by atoms with E-state index >= 15 is 0 Å². The Balaban J connectivity index is 1.56. The van der Waals surface area contributed by atoms with Crippen molar-refractivity contribution in [1.29, 1.82) is 0 Å². The maximum Gasteiger partial charge on any atom is 0.378 e. The zero-order chi connectivity index (χ0) is 22.0. The normalized spacial score (nSPS) is 10.9. The van der Waals surface area contributed by atoms with Crippen LogP contribution in [-0.4, -0.2) is 37.7 Å². The molecule has 3 aromatic heterocycles. The van der Waals surface area contributed by atoms with Gasteiger partial charge >= 0.3 is 5.97 Å². The van der Waals surface area contributed by atoms with Gasteiger partial charge in [0.2, 0.25) is 5.78 Å². The van der Waals surface area contributed by atoms with Gasteiger partial charge in [0.05, 0.1) is 10.6 Å². The summed E-state index contributed by atoms with van der Waals surface area (Å²) >= 11 is 1.50. The van der Waals surface area contributed by atoms with Crippen molar-refractivity contribution in [2.24, 2.45) is 0 Å². The number of hydrogen-bond acceptors (Lipinski definition) is 6. The fourth-order valence-electron chi connectivity index (χ4n) is 3.56. The lowest BCUT2D eigenvalue weighted by Gasteiger charge is -2.06. The van der Waals surface area contributed by atoms with Crippen molar-refractivity contribution >= 4 is 23.1 Å². The lowest BCUT2D eigenvalue weighted by atomic mass is 10.1. The number of ether oxygens (including phenoxy) is 1. The molecular formula is C23H22N4O3S. The minimum atomic E-state index is -0.731. The molecule has 1 aromatic carbocycles. The Morgan fingerprint density at radius 3 is 2.52 bits per heavy atom. The summed E-state index contributed by atoms with van der Waals surface area (Å²) in [5.41, 5.74) is 3.21. The molecule has 8 heteroatoms. The van der Waals surface area contributed by atoms with Crippen LogP contribution in [0.2, 0.25) is 0 Å². The van der Waals surface area contributed by atoms with Crippen LogP contribution in [0.4, 0.5) is 0 Å². The second-order valence-corrected chi connectivity index (χ2v) is 7.96. The predicted octanol–water partition coefficient (Wildman–Crippen LogP) is 4.47. The number of nitrogens with zero attached hydrogens (tertiary/aromatic N) is 4. The van der Waals surface area contributed by atoms with Gasteiger partial charge < -0.3 is 9.30 Å². The number of benzene rings is 1. The molecule has 0 spiro atoms. The van der Waals surface area contributed by atoms with E-state index in [0.717, 1.165) is 28.5 Å². The Bertz CT molecular complexity index is 1220. The molecule has 0 aliphatic heterocycles. The molecule has 0 amide bonds. The average molecular weight is 435 g/mol. The molecule has 0 fully saturated rings. The number of esters is 1. The van der Waals surface area contributed by atoms with Gasteiger partial charge in [0, 0.05) is 23.5 Å². The van der Waals surface area contributed by atoms with Crippen LogP contribution in [0.1, 0.15) is 39.3 Å². The zero-order valence-electron chi connectivity index (χ0n) is 17.5. The third-order valence-corrected chi connectivity index (χ3v) is 5.92. The first-order chi connectivity index (χ1) is 15.0.